The Morgan fingerprint density at radius 2 is 1.84 bits per heavy atom. The summed E-state index contributed by atoms with van der Waals surface area (Å²) in [6.45, 7) is 6.21. The second-order valence-electron chi connectivity index (χ2n) is 12.0. The molecule has 1 aliphatic rings. The summed E-state index contributed by atoms with van der Waals surface area (Å²) in [5.41, 5.74) is 0.185. The van der Waals surface area contributed by atoms with Crippen LogP contribution in [-0.2, 0) is 14.3 Å². The lowest BCUT2D eigenvalue weighted by Gasteiger charge is -2.33. The van der Waals surface area contributed by atoms with Gasteiger partial charge in [-0.3, -0.25) is 4.79 Å². The van der Waals surface area contributed by atoms with Crippen molar-refractivity contribution in [3.63, 3.8) is 0 Å². The van der Waals surface area contributed by atoms with Crippen LogP contribution in [0.3, 0.4) is 0 Å². The van der Waals surface area contributed by atoms with Crippen molar-refractivity contribution < 1.29 is 32.9 Å². The Hall–Kier alpha value is -3.90. The van der Waals surface area contributed by atoms with Crippen molar-refractivity contribution >= 4 is 46.1 Å². The largest absolute Gasteiger partial charge is 0.493 e. The van der Waals surface area contributed by atoms with E-state index in [1.54, 1.807) is 38.4 Å². The summed E-state index contributed by atoms with van der Waals surface area (Å²) in [7, 11) is 4.59. The molecule has 1 atom stereocenters. The number of carbonyl (C=O) groups excluding carboxylic acids is 2. The molecule has 4 rings (SSSR count). The third-order valence-electron chi connectivity index (χ3n) is 7.58. The third-order valence-corrected chi connectivity index (χ3v) is 7.87. The van der Waals surface area contributed by atoms with E-state index in [9.17, 15) is 14.0 Å². The van der Waals surface area contributed by atoms with Gasteiger partial charge < -0.3 is 34.5 Å². The Labute approximate surface area is 267 Å². The van der Waals surface area contributed by atoms with Crippen LogP contribution < -0.4 is 20.1 Å². The standard InChI is InChI=1S/C32H41ClFN5O6/c1-32(2,3)45-31(41)39(4)15-14-35-28(30(40)43-6)19-10-12-20(13-11-19)44-26-16-21-24(17-25(26)42-5)36-18-37-29(21)38-23-9-7-8-22(33)27(23)34/h7-9,16-20,28,35H,10-15H2,1-6H3,(H,36,37,38)/t19?,20?,28-/m0/s1. The SMILES string of the molecule is COC(=O)[C@@H](NCCN(C)C(=O)OC(C)(C)C)C1CCC(Oc2cc3c(Nc4cccc(Cl)c4F)ncnc3cc2OC)CC1. The third kappa shape index (κ3) is 8.85. The number of anilines is 2. The highest BCUT2D eigenvalue weighted by atomic mass is 35.5. The minimum absolute atomic E-state index is 0.00238. The molecule has 0 saturated heterocycles. The van der Waals surface area contributed by atoms with Gasteiger partial charge >= 0.3 is 12.1 Å². The number of rotatable bonds is 11. The summed E-state index contributed by atoms with van der Waals surface area (Å²) in [6.07, 6.45) is 3.67. The highest BCUT2D eigenvalue weighted by molar-refractivity contribution is 6.31. The molecule has 1 aromatic heterocycles. The zero-order valence-corrected chi connectivity index (χ0v) is 27.2. The van der Waals surface area contributed by atoms with Crippen molar-refractivity contribution in [1.29, 1.82) is 0 Å². The molecular weight excluding hydrogens is 605 g/mol. The zero-order chi connectivity index (χ0) is 32.7. The van der Waals surface area contributed by atoms with E-state index in [2.05, 4.69) is 20.6 Å². The van der Waals surface area contributed by atoms with Crippen LogP contribution in [0.25, 0.3) is 10.9 Å². The van der Waals surface area contributed by atoms with E-state index in [0.29, 0.717) is 54.2 Å². The van der Waals surface area contributed by atoms with Gasteiger partial charge in [-0.15, -0.1) is 0 Å². The number of likely N-dealkylation sites (N-methyl/N-ethyl adjacent to an activating group) is 1. The van der Waals surface area contributed by atoms with Crippen LogP contribution in [0, 0.1) is 11.7 Å². The van der Waals surface area contributed by atoms with Crippen molar-refractivity contribution in [1.82, 2.24) is 20.2 Å². The Morgan fingerprint density at radius 3 is 2.51 bits per heavy atom. The highest BCUT2D eigenvalue weighted by Crippen LogP contribution is 2.38. The fraction of sp³-hybridized carbons (Fsp3) is 0.500. The molecular formula is C32H41ClFN5O6. The Balaban J connectivity index is 1.41. The molecule has 1 amide bonds. The molecule has 11 nitrogen and oxygen atoms in total. The van der Waals surface area contributed by atoms with Crippen LogP contribution in [0.5, 0.6) is 11.5 Å². The van der Waals surface area contributed by atoms with Crippen molar-refractivity contribution in [3.8, 4) is 11.5 Å². The number of carbonyl (C=O) groups is 2. The second kappa shape index (κ2) is 14.9. The first-order valence-corrected chi connectivity index (χ1v) is 15.2. The topological polar surface area (TPSA) is 124 Å². The van der Waals surface area contributed by atoms with Crippen LogP contribution in [0.4, 0.5) is 20.7 Å². The summed E-state index contributed by atoms with van der Waals surface area (Å²) < 4.78 is 37.1. The highest BCUT2D eigenvalue weighted by Gasteiger charge is 2.34. The number of esters is 1. The number of benzene rings is 2. The molecule has 2 aromatic carbocycles. The van der Waals surface area contributed by atoms with Crippen LogP contribution in [0.1, 0.15) is 46.5 Å². The van der Waals surface area contributed by atoms with Crippen LogP contribution in [0.15, 0.2) is 36.7 Å². The first kappa shape index (κ1) is 34.0. The molecule has 0 aliphatic heterocycles. The molecule has 244 valence electrons. The maximum atomic E-state index is 14.6. The van der Waals surface area contributed by atoms with Crippen molar-refractivity contribution in [3.05, 3.63) is 47.5 Å². The predicted octanol–water partition coefficient (Wildman–Crippen LogP) is 6.11. The smallest absolute Gasteiger partial charge is 0.410 e. The van der Waals surface area contributed by atoms with Gasteiger partial charge in [0, 0.05) is 31.6 Å². The van der Waals surface area contributed by atoms with Gasteiger partial charge in [0.15, 0.2) is 17.3 Å². The Morgan fingerprint density at radius 1 is 1.11 bits per heavy atom. The van der Waals surface area contributed by atoms with Gasteiger partial charge in [0.2, 0.25) is 0 Å². The number of fused-ring (bicyclic) bond motifs is 1. The predicted molar refractivity (Wildman–Crippen MR) is 170 cm³/mol. The summed E-state index contributed by atoms with van der Waals surface area (Å²) >= 11 is 5.96. The molecule has 3 aromatic rings. The van der Waals surface area contributed by atoms with Crippen LogP contribution in [-0.4, -0.2) is 79.0 Å². The normalized spacial score (nSPS) is 17.3. The Kier molecular flexibility index (Phi) is 11.3. The number of halogens is 2. The number of aromatic nitrogens is 2. The monoisotopic (exact) mass is 645 g/mol. The molecule has 1 fully saturated rings. The average molecular weight is 646 g/mol. The van der Waals surface area contributed by atoms with E-state index >= 15 is 0 Å². The maximum Gasteiger partial charge on any atom is 0.410 e. The molecule has 1 saturated carbocycles. The van der Waals surface area contributed by atoms with E-state index in [4.69, 9.17) is 30.5 Å². The van der Waals surface area contributed by atoms with Gasteiger partial charge in [-0.05, 0) is 70.6 Å². The summed E-state index contributed by atoms with van der Waals surface area (Å²) in [4.78, 5) is 35.1. The maximum absolute atomic E-state index is 14.6. The second-order valence-corrected chi connectivity index (χ2v) is 12.4. The van der Waals surface area contributed by atoms with E-state index in [1.807, 2.05) is 20.8 Å². The Bertz CT molecular complexity index is 1490. The lowest BCUT2D eigenvalue weighted by molar-refractivity contribution is -0.145. The zero-order valence-electron chi connectivity index (χ0n) is 26.5. The molecule has 45 heavy (non-hydrogen) atoms. The quantitative estimate of drug-likeness (QED) is 0.236. The molecule has 2 N–H and O–H groups in total. The van der Waals surface area contributed by atoms with Crippen LogP contribution in [0.2, 0.25) is 5.02 Å². The van der Waals surface area contributed by atoms with Crippen molar-refractivity contribution in [2.24, 2.45) is 5.92 Å². The molecule has 13 heteroatoms. The van der Waals surface area contributed by atoms with E-state index in [-0.39, 0.29) is 28.7 Å². The van der Waals surface area contributed by atoms with E-state index in [1.165, 1.54) is 24.4 Å². The summed E-state index contributed by atoms with van der Waals surface area (Å²) in [5.74, 6) is 0.507. The molecule has 0 radical (unpaired) electrons. The number of hydrogen-bond acceptors (Lipinski definition) is 10. The molecule has 0 unspecified atom stereocenters. The minimum atomic E-state index is -0.589. The van der Waals surface area contributed by atoms with E-state index < -0.39 is 23.6 Å². The van der Waals surface area contributed by atoms with Crippen molar-refractivity contribution in [2.75, 3.05) is 39.7 Å². The van der Waals surface area contributed by atoms with Gasteiger partial charge in [-0.2, -0.15) is 0 Å². The lowest BCUT2D eigenvalue weighted by Crippen LogP contribution is -2.48. The molecule has 1 heterocycles. The summed E-state index contributed by atoms with van der Waals surface area (Å²) in [5, 5.41) is 6.91. The first-order valence-electron chi connectivity index (χ1n) is 14.9. The van der Waals surface area contributed by atoms with Gasteiger partial charge in [-0.25, -0.2) is 19.2 Å². The fourth-order valence-corrected chi connectivity index (χ4v) is 5.43. The van der Waals surface area contributed by atoms with Crippen LogP contribution >= 0.6 is 11.6 Å². The average Bonchev–Trinajstić information content (AvgIpc) is 3.00. The molecule has 0 spiro atoms. The van der Waals surface area contributed by atoms with Crippen molar-refractivity contribution in [2.45, 2.75) is 64.2 Å². The lowest BCUT2D eigenvalue weighted by atomic mass is 9.82. The van der Waals surface area contributed by atoms with Gasteiger partial charge in [0.05, 0.1) is 36.6 Å². The van der Waals surface area contributed by atoms with Gasteiger partial charge in [0.1, 0.15) is 23.8 Å². The minimum Gasteiger partial charge on any atom is -0.493 e. The number of nitrogens with zero attached hydrogens (tertiary/aromatic N) is 3. The van der Waals surface area contributed by atoms with Gasteiger partial charge in [0.25, 0.3) is 0 Å². The molecule has 0 bridgehead atoms. The van der Waals surface area contributed by atoms with Gasteiger partial charge in [-0.1, -0.05) is 17.7 Å². The number of hydrogen-bond donors (Lipinski definition) is 2. The first-order chi connectivity index (χ1) is 21.4. The number of nitrogens with one attached hydrogen (secondary N) is 2. The number of amides is 1. The van der Waals surface area contributed by atoms with E-state index in [0.717, 1.165) is 12.8 Å². The molecule has 1 aliphatic carbocycles. The summed E-state index contributed by atoms with van der Waals surface area (Å²) in [6, 6.07) is 7.71. The fourth-order valence-electron chi connectivity index (χ4n) is 5.25. The number of methoxy groups -OCH3 is 2. The number of ether oxygens (including phenoxy) is 4.